The predicted molar refractivity (Wildman–Crippen MR) is 56.3 cm³/mol. The Balaban J connectivity index is 2.68. The van der Waals surface area contributed by atoms with Gasteiger partial charge in [-0.05, 0) is 25.3 Å². The van der Waals surface area contributed by atoms with Crippen LogP contribution in [0.1, 0.15) is 32.8 Å². The van der Waals surface area contributed by atoms with E-state index in [0.717, 1.165) is 6.42 Å². The zero-order valence-corrected chi connectivity index (χ0v) is 9.27. The van der Waals surface area contributed by atoms with Crippen LogP contribution in [-0.2, 0) is 0 Å². The number of aromatic nitrogens is 2. The molecule has 1 atom stereocenters. The Kier molecular flexibility index (Phi) is 4.04. The van der Waals surface area contributed by atoms with Crippen LogP contribution in [-0.4, -0.2) is 16.3 Å². The Hall–Kier alpha value is -1.63. The predicted octanol–water partition coefficient (Wildman–Crippen LogP) is 2.16. The van der Waals surface area contributed by atoms with Gasteiger partial charge in [-0.2, -0.15) is 10.4 Å². The molecule has 0 saturated heterocycles. The Labute approximate surface area is 89.9 Å². The lowest BCUT2D eigenvalue weighted by Gasteiger charge is -2.15. The van der Waals surface area contributed by atoms with Gasteiger partial charge in [0.15, 0.2) is 0 Å². The zero-order valence-electron chi connectivity index (χ0n) is 9.27. The summed E-state index contributed by atoms with van der Waals surface area (Å²) >= 11 is 0. The first-order valence-corrected chi connectivity index (χ1v) is 5.02. The molecule has 1 rings (SSSR count). The first kappa shape index (κ1) is 11.4. The molecular formula is C11H15N3O. The molecule has 0 aliphatic carbocycles. The van der Waals surface area contributed by atoms with Gasteiger partial charge in [-0.15, -0.1) is 5.10 Å². The van der Waals surface area contributed by atoms with Gasteiger partial charge >= 0.3 is 0 Å². The molecule has 0 N–H and O–H groups in total. The van der Waals surface area contributed by atoms with Crippen LogP contribution in [0.15, 0.2) is 12.3 Å². The molecule has 15 heavy (non-hydrogen) atoms. The van der Waals surface area contributed by atoms with E-state index in [4.69, 9.17) is 10.00 Å². The summed E-state index contributed by atoms with van der Waals surface area (Å²) in [5, 5.41) is 16.3. The lowest BCUT2D eigenvalue weighted by molar-refractivity contribution is 0.183. The molecule has 0 spiro atoms. The molecule has 0 radical (unpaired) electrons. The Morgan fingerprint density at radius 1 is 1.47 bits per heavy atom. The van der Waals surface area contributed by atoms with Gasteiger partial charge in [0.1, 0.15) is 11.6 Å². The summed E-state index contributed by atoms with van der Waals surface area (Å²) in [5.41, 5.74) is 0.431. The van der Waals surface area contributed by atoms with Crippen molar-refractivity contribution in [1.82, 2.24) is 10.2 Å². The fraction of sp³-hybridized carbons (Fsp3) is 0.545. The monoisotopic (exact) mass is 205 g/mol. The number of hydrogen-bond acceptors (Lipinski definition) is 4. The van der Waals surface area contributed by atoms with Crippen molar-refractivity contribution in [3.63, 3.8) is 0 Å². The van der Waals surface area contributed by atoms with Crippen molar-refractivity contribution in [2.24, 2.45) is 5.92 Å². The molecule has 80 valence electrons. The molecule has 0 bridgehead atoms. The van der Waals surface area contributed by atoms with E-state index in [9.17, 15) is 0 Å². The highest BCUT2D eigenvalue weighted by Crippen LogP contribution is 2.16. The summed E-state index contributed by atoms with van der Waals surface area (Å²) in [6.07, 6.45) is 2.47. The number of rotatable bonds is 4. The van der Waals surface area contributed by atoms with Crippen molar-refractivity contribution in [2.45, 2.75) is 33.3 Å². The van der Waals surface area contributed by atoms with Crippen LogP contribution in [0.3, 0.4) is 0 Å². The molecule has 1 aromatic rings. The van der Waals surface area contributed by atoms with Crippen molar-refractivity contribution in [1.29, 1.82) is 5.26 Å². The topological polar surface area (TPSA) is 58.8 Å². The van der Waals surface area contributed by atoms with Gasteiger partial charge in [-0.1, -0.05) is 13.8 Å². The van der Waals surface area contributed by atoms with Gasteiger partial charge in [0, 0.05) is 0 Å². The van der Waals surface area contributed by atoms with Gasteiger partial charge in [0.2, 0.25) is 0 Å². The van der Waals surface area contributed by atoms with Crippen LogP contribution in [0.4, 0.5) is 0 Å². The van der Waals surface area contributed by atoms with Crippen molar-refractivity contribution in [2.75, 3.05) is 0 Å². The van der Waals surface area contributed by atoms with Crippen LogP contribution >= 0.6 is 0 Å². The third-order valence-corrected chi connectivity index (χ3v) is 1.92. The molecule has 0 saturated carbocycles. The van der Waals surface area contributed by atoms with Crippen molar-refractivity contribution in [3.05, 3.63) is 17.8 Å². The summed E-state index contributed by atoms with van der Waals surface area (Å²) < 4.78 is 5.55. The molecule has 0 aromatic carbocycles. The number of nitrogens with zero attached hydrogens (tertiary/aromatic N) is 3. The molecule has 0 aliphatic rings. The summed E-state index contributed by atoms with van der Waals surface area (Å²) in [4.78, 5) is 0. The minimum absolute atomic E-state index is 0.0498. The Bertz CT molecular complexity index is 357. The van der Waals surface area contributed by atoms with Gasteiger partial charge in [0.05, 0.1) is 12.3 Å². The highest BCUT2D eigenvalue weighted by Gasteiger charge is 2.11. The molecule has 1 heterocycles. The fourth-order valence-electron chi connectivity index (χ4n) is 1.39. The first-order valence-electron chi connectivity index (χ1n) is 5.02. The van der Waals surface area contributed by atoms with E-state index in [-0.39, 0.29) is 6.10 Å². The van der Waals surface area contributed by atoms with Gasteiger partial charge in [0.25, 0.3) is 5.88 Å². The average Bonchev–Trinajstić information content (AvgIpc) is 2.17. The maximum Gasteiger partial charge on any atom is 0.251 e. The molecule has 4 heteroatoms. The second-order valence-electron chi connectivity index (χ2n) is 3.92. The summed E-state index contributed by atoms with van der Waals surface area (Å²) in [7, 11) is 0. The fourth-order valence-corrected chi connectivity index (χ4v) is 1.39. The third kappa shape index (κ3) is 3.55. The lowest BCUT2D eigenvalue weighted by Crippen LogP contribution is -2.16. The van der Waals surface area contributed by atoms with E-state index in [1.165, 1.54) is 6.20 Å². The maximum atomic E-state index is 8.82. The van der Waals surface area contributed by atoms with Crippen molar-refractivity contribution >= 4 is 0 Å². The quantitative estimate of drug-likeness (QED) is 0.755. The largest absolute Gasteiger partial charge is 0.473 e. The van der Waals surface area contributed by atoms with E-state index in [1.807, 2.05) is 13.0 Å². The third-order valence-electron chi connectivity index (χ3n) is 1.92. The number of hydrogen-bond donors (Lipinski definition) is 0. The SMILES string of the molecule is CC(C)CC(C)Oc1nnccc1C#N. The van der Waals surface area contributed by atoms with E-state index >= 15 is 0 Å². The molecule has 4 nitrogen and oxygen atoms in total. The van der Waals surface area contributed by atoms with Crippen LogP contribution in [0, 0.1) is 17.2 Å². The molecule has 0 amide bonds. The van der Waals surface area contributed by atoms with Gasteiger partial charge in [-0.3, -0.25) is 0 Å². The van der Waals surface area contributed by atoms with E-state index < -0.39 is 0 Å². The van der Waals surface area contributed by atoms with Crippen LogP contribution in [0.5, 0.6) is 5.88 Å². The average molecular weight is 205 g/mol. The number of nitriles is 1. The second-order valence-corrected chi connectivity index (χ2v) is 3.92. The van der Waals surface area contributed by atoms with Gasteiger partial charge < -0.3 is 4.74 Å². The molecular weight excluding hydrogens is 190 g/mol. The summed E-state index contributed by atoms with van der Waals surface area (Å²) in [5.74, 6) is 0.885. The van der Waals surface area contributed by atoms with Gasteiger partial charge in [-0.25, -0.2) is 0 Å². The maximum absolute atomic E-state index is 8.82. The summed E-state index contributed by atoms with van der Waals surface area (Å²) in [6.45, 7) is 6.22. The molecule has 0 fully saturated rings. The van der Waals surface area contributed by atoms with Crippen LogP contribution < -0.4 is 4.74 Å². The van der Waals surface area contributed by atoms with E-state index in [2.05, 4.69) is 24.0 Å². The minimum Gasteiger partial charge on any atom is -0.473 e. The molecule has 1 unspecified atom stereocenters. The normalized spacial score (nSPS) is 12.2. The van der Waals surface area contributed by atoms with E-state index in [1.54, 1.807) is 6.07 Å². The first-order chi connectivity index (χ1) is 7.13. The standard InChI is InChI=1S/C11H15N3O/c1-8(2)6-9(3)15-11-10(7-12)4-5-13-14-11/h4-5,8-9H,6H2,1-3H3. The minimum atomic E-state index is 0.0498. The molecule has 0 aliphatic heterocycles. The summed E-state index contributed by atoms with van der Waals surface area (Å²) in [6, 6.07) is 3.63. The van der Waals surface area contributed by atoms with Crippen molar-refractivity contribution < 1.29 is 4.74 Å². The van der Waals surface area contributed by atoms with E-state index in [0.29, 0.717) is 17.4 Å². The smallest absolute Gasteiger partial charge is 0.251 e. The lowest BCUT2D eigenvalue weighted by atomic mass is 10.1. The zero-order chi connectivity index (χ0) is 11.3. The van der Waals surface area contributed by atoms with Crippen molar-refractivity contribution in [3.8, 4) is 11.9 Å². The Morgan fingerprint density at radius 2 is 2.20 bits per heavy atom. The number of ether oxygens (including phenoxy) is 1. The van der Waals surface area contributed by atoms with Crippen LogP contribution in [0.2, 0.25) is 0 Å². The second kappa shape index (κ2) is 5.30. The Morgan fingerprint density at radius 3 is 2.80 bits per heavy atom. The van der Waals surface area contributed by atoms with Crippen LogP contribution in [0.25, 0.3) is 0 Å². The molecule has 1 aromatic heterocycles. The highest BCUT2D eigenvalue weighted by atomic mass is 16.5. The highest BCUT2D eigenvalue weighted by molar-refractivity contribution is 5.35.